The molecule has 4 heteroatoms. The number of esters is 1. The summed E-state index contributed by atoms with van der Waals surface area (Å²) in [6, 6.07) is 2.25. The van der Waals surface area contributed by atoms with E-state index in [1.807, 2.05) is 11.8 Å². The molecule has 0 radical (unpaired) electrons. The van der Waals surface area contributed by atoms with Crippen LogP contribution in [-0.4, -0.2) is 36.6 Å². The number of rotatable bonds is 2. The maximum atomic E-state index is 11.1. The van der Waals surface area contributed by atoms with Crippen LogP contribution in [0.1, 0.15) is 19.8 Å². The Balaban J connectivity index is 2.47. The number of ether oxygens (including phenoxy) is 1. The standard InChI is InChI=1S/C9H14N2O2/c1-8(3-4-10)11-5-2-6-13-9(12)7-11/h8H,2-3,5-7H2,1H3. The second kappa shape index (κ2) is 4.83. The van der Waals surface area contributed by atoms with Crippen LogP contribution in [0, 0.1) is 11.3 Å². The minimum Gasteiger partial charge on any atom is -0.465 e. The number of nitriles is 1. The molecule has 1 fully saturated rings. The Morgan fingerprint density at radius 3 is 3.23 bits per heavy atom. The summed E-state index contributed by atoms with van der Waals surface area (Å²) in [7, 11) is 0. The topological polar surface area (TPSA) is 53.3 Å². The fourth-order valence-electron chi connectivity index (χ4n) is 1.38. The third-order valence-electron chi connectivity index (χ3n) is 2.19. The van der Waals surface area contributed by atoms with E-state index in [1.54, 1.807) is 0 Å². The molecule has 72 valence electrons. The van der Waals surface area contributed by atoms with Gasteiger partial charge in [-0.05, 0) is 13.3 Å². The Morgan fingerprint density at radius 2 is 2.54 bits per heavy atom. The van der Waals surface area contributed by atoms with Gasteiger partial charge in [0, 0.05) is 12.6 Å². The van der Waals surface area contributed by atoms with E-state index in [1.165, 1.54) is 0 Å². The molecule has 0 spiro atoms. The van der Waals surface area contributed by atoms with Crippen molar-refractivity contribution in [1.82, 2.24) is 4.90 Å². The molecule has 0 N–H and O–H groups in total. The van der Waals surface area contributed by atoms with Crippen molar-refractivity contribution in [3.8, 4) is 6.07 Å². The number of nitrogens with zero attached hydrogens (tertiary/aromatic N) is 2. The summed E-state index contributed by atoms with van der Waals surface area (Å²) in [4.78, 5) is 13.1. The van der Waals surface area contributed by atoms with Crippen molar-refractivity contribution >= 4 is 5.97 Å². The summed E-state index contributed by atoms with van der Waals surface area (Å²) in [6.07, 6.45) is 1.33. The Bertz CT molecular complexity index is 222. The smallest absolute Gasteiger partial charge is 0.320 e. The van der Waals surface area contributed by atoms with E-state index in [0.29, 0.717) is 19.6 Å². The SMILES string of the molecule is CC(CC#N)N1CCCOC(=O)C1. The maximum absolute atomic E-state index is 11.1. The summed E-state index contributed by atoms with van der Waals surface area (Å²) >= 11 is 0. The summed E-state index contributed by atoms with van der Waals surface area (Å²) in [5.41, 5.74) is 0. The third-order valence-corrected chi connectivity index (χ3v) is 2.19. The first-order valence-corrected chi connectivity index (χ1v) is 4.50. The van der Waals surface area contributed by atoms with Crippen molar-refractivity contribution in [2.24, 2.45) is 0 Å². The van der Waals surface area contributed by atoms with Gasteiger partial charge < -0.3 is 4.74 Å². The van der Waals surface area contributed by atoms with Gasteiger partial charge in [0.25, 0.3) is 0 Å². The first kappa shape index (κ1) is 10.0. The fourth-order valence-corrected chi connectivity index (χ4v) is 1.38. The van der Waals surface area contributed by atoms with Crippen molar-refractivity contribution < 1.29 is 9.53 Å². The number of hydrogen-bond acceptors (Lipinski definition) is 4. The van der Waals surface area contributed by atoms with Crippen LogP contribution in [0.15, 0.2) is 0 Å². The molecular formula is C9H14N2O2. The van der Waals surface area contributed by atoms with E-state index in [4.69, 9.17) is 10.00 Å². The Hall–Kier alpha value is -1.08. The molecule has 0 amide bonds. The molecule has 1 rings (SSSR count). The zero-order valence-corrected chi connectivity index (χ0v) is 7.82. The van der Waals surface area contributed by atoms with E-state index >= 15 is 0 Å². The third kappa shape index (κ3) is 3.03. The van der Waals surface area contributed by atoms with E-state index < -0.39 is 0 Å². The van der Waals surface area contributed by atoms with Gasteiger partial charge in [0.15, 0.2) is 0 Å². The lowest BCUT2D eigenvalue weighted by Crippen LogP contribution is -2.36. The highest BCUT2D eigenvalue weighted by Gasteiger charge is 2.20. The molecule has 4 nitrogen and oxygen atoms in total. The van der Waals surface area contributed by atoms with Crippen LogP contribution < -0.4 is 0 Å². The van der Waals surface area contributed by atoms with Crippen LogP contribution in [0.4, 0.5) is 0 Å². The summed E-state index contributed by atoms with van der Waals surface area (Å²) in [5, 5.41) is 8.51. The molecule has 0 aromatic carbocycles. The molecule has 1 aliphatic rings. The van der Waals surface area contributed by atoms with Crippen molar-refractivity contribution in [1.29, 1.82) is 5.26 Å². The molecule has 0 aromatic heterocycles. The quantitative estimate of drug-likeness (QED) is 0.585. The minimum absolute atomic E-state index is 0.149. The molecule has 1 aliphatic heterocycles. The Morgan fingerprint density at radius 1 is 1.77 bits per heavy atom. The normalized spacial score (nSPS) is 21.4. The van der Waals surface area contributed by atoms with E-state index in [0.717, 1.165) is 13.0 Å². The second-order valence-corrected chi connectivity index (χ2v) is 3.26. The van der Waals surface area contributed by atoms with Gasteiger partial charge in [-0.15, -0.1) is 0 Å². The van der Waals surface area contributed by atoms with Crippen molar-refractivity contribution in [3.05, 3.63) is 0 Å². The van der Waals surface area contributed by atoms with Crippen LogP contribution in [0.2, 0.25) is 0 Å². The van der Waals surface area contributed by atoms with Gasteiger partial charge >= 0.3 is 5.97 Å². The summed E-state index contributed by atoms with van der Waals surface area (Å²) < 4.78 is 4.90. The Labute approximate surface area is 78.1 Å². The van der Waals surface area contributed by atoms with Crippen LogP contribution in [0.3, 0.4) is 0 Å². The zero-order chi connectivity index (χ0) is 9.68. The molecule has 1 unspecified atom stereocenters. The average molecular weight is 182 g/mol. The molecule has 0 aliphatic carbocycles. The predicted molar refractivity (Wildman–Crippen MR) is 46.8 cm³/mol. The lowest BCUT2D eigenvalue weighted by Gasteiger charge is -2.23. The minimum atomic E-state index is -0.178. The monoisotopic (exact) mass is 182 g/mol. The summed E-state index contributed by atoms with van der Waals surface area (Å²) in [6.45, 7) is 3.63. The maximum Gasteiger partial charge on any atom is 0.320 e. The number of carbonyl (C=O) groups is 1. The fraction of sp³-hybridized carbons (Fsp3) is 0.778. The molecular weight excluding hydrogens is 168 g/mol. The molecule has 0 aromatic rings. The molecule has 13 heavy (non-hydrogen) atoms. The van der Waals surface area contributed by atoms with Crippen LogP contribution in [0.5, 0.6) is 0 Å². The first-order valence-electron chi connectivity index (χ1n) is 4.50. The number of hydrogen-bond donors (Lipinski definition) is 0. The lowest BCUT2D eigenvalue weighted by atomic mass is 10.2. The number of cyclic esters (lactones) is 1. The Kier molecular flexibility index (Phi) is 3.71. The van der Waals surface area contributed by atoms with Gasteiger partial charge in [0.2, 0.25) is 0 Å². The first-order chi connectivity index (χ1) is 6.24. The van der Waals surface area contributed by atoms with Gasteiger partial charge in [-0.1, -0.05) is 0 Å². The van der Waals surface area contributed by atoms with Gasteiger partial charge in [-0.3, -0.25) is 9.69 Å². The molecule has 1 saturated heterocycles. The van der Waals surface area contributed by atoms with Crippen molar-refractivity contribution in [3.63, 3.8) is 0 Å². The highest BCUT2D eigenvalue weighted by molar-refractivity contribution is 5.71. The lowest BCUT2D eigenvalue weighted by molar-refractivity contribution is -0.143. The molecule has 1 heterocycles. The van der Waals surface area contributed by atoms with E-state index in [9.17, 15) is 4.79 Å². The summed E-state index contributed by atoms with van der Waals surface area (Å²) in [5.74, 6) is -0.178. The predicted octanol–water partition coefficient (Wildman–Crippen LogP) is 0.537. The average Bonchev–Trinajstić information content (AvgIpc) is 2.30. The zero-order valence-electron chi connectivity index (χ0n) is 7.82. The second-order valence-electron chi connectivity index (χ2n) is 3.26. The molecule has 0 saturated carbocycles. The largest absolute Gasteiger partial charge is 0.465 e. The van der Waals surface area contributed by atoms with Gasteiger partial charge in [-0.2, -0.15) is 5.26 Å². The van der Waals surface area contributed by atoms with Crippen molar-refractivity contribution in [2.45, 2.75) is 25.8 Å². The number of carbonyl (C=O) groups excluding carboxylic acids is 1. The highest BCUT2D eigenvalue weighted by Crippen LogP contribution is 2.07. The highest BCUT2D eigenvalue weighted by atomic mass is 16.5. The van der Waals surface area contributed by atoms with Crippen LogP contribution in [-0.2, 0) is 9.53 Å². The van der Waals surface area contributed by atoms with Gasteiger partial charge in [0.05, 0.1) is 25.6 Å². The van der Waals surface area contributed by atoms with Gasteiger partial charge in [0.1, 0.15) is 0 Å². The van der Waals surface area contributed by atoms with Crippen LogP contribution >= 0.6 is 0 Å². The van der Waals surface area contributed by atoms with E-state index in [2.05, 4.69) is 6.07 Å². The molecule has 0 bridgehead atoms. The molecule has 1 atom stereocenters. The van der Waals surface area contributed by atoms with Gasteiger partial charge in [-0.25, -0.2) is 0 Å². The van der Waals surface area contributed by atoms with Crippen LogP contribution in [0.25, 0.3) is 0 Å². The van der Waals surface area contributed by atoms with E-state index in [-0.39, 0.29) is 12.0 Å². The van der Waals surface area contributed by atoms with Crippen molar-refractivity contribution in [2.75, 3.05) is 19.7 Å².